The van der Waals surface area contributed by atoms with Crippen molar-refractivity contribution in [2.45, 2.75) is 24.8 Å². The first kappa shape index (κ1) is 15.6. The highest BCUT2D eigenvalue weighted by molar-refractivity contribution is 7.89. The van der Waals surface area contributed by atoms with E-state index in [0.717, 1.165) is 5.56 Å². The Bertz CT molecular complexity index is 511. The number of carbonyl (C=O) groups is 1. The number of nitrogens with two attached hydrogens (primary N) is 1. The number of hydrogen-bond acceptors (Lipinski definition) is 5. The summed E-state index contributed by atoms with van der Waals surface area (Å²) in [4.78, 5) is 11.2. The topological polar surface area (TPSA) is 98.5 Å². The van der Waals surface area contributed by atoms with E-state index in [1.807, 2.05) is 0 Å². The lowest BCUT2D eigenvalue weighted by molar-refractivity contribution is -0.142. The molecule has 1 aromatic rings. The van der Waals surface area contributed by atoms with E-state index < -0.39 is 16.0 Å². The van der Waals surface area contributed by atoms with Crippen LogP contribution < -0.4 is 10.5 Å². The molecule has 0 bridgehead atoms. The SMILES string of the molecule is CCOC(=O)CCNS(=O)(=O)c1ccc(CN)cc1. The van der Waals surface area contributed by atoms with E-state index in [9.17, 15) is 13.2 Å². The fourth-order valence-corrected chi connectivity index (χ4v) is 2.44. The smallest absolute Gasteiger partial charge is 0.307 e. The highest BCUT2D eigenvalue weighted by Gasteiger charge is 2.14. The summed E-state index contributed by atoms with van der Waals surface area (Å²) in [5.74, 6) is -0.427. The summed E-state index contributed by atoms with van der Waals surface area (Å²) in [7, 11) is -3.59. The Kier molecular flexibility index (Phi) is 5.94. The fourth-order valence-electron chi connectivity index (χ4n) is 1.41. The number of nitrogens with one attached hydrogen (secondary N) is 1. The number of carbonyl (C=O) groups excluding carboxylic acids is 1. The van der Waals surface area contributed by atoms with Crippen molar-refractivity contribution in [3.05, 3.63) is 29.8 Å². The molecule has 106 valence electrons. The van der Waals surface area contributed by atoms with Gasteiger partial charge in [0.25, 0.3) is 0 Å². The van der Waals surface area contributed by atoms with E-state index in [-0.39, 0.29) is 24.5 Å². The molecule has 0 saturated heterocycles. The Morgan fingerprint density at radius 3 is 2.47 bits per heavy atom. The second-order valence-corrected chi connectivity index (χ2v) is 5.57. The predicted octanol–water partition coefficient (Wildman–Crippen LogP) is 0.377. The van der Waals surface area contributed by atoms with Crippen molar-refractivity contribution in [2.75, 3.05) is 13.2 Å². The van der Waals surface area contributed by atoms with Gasteiger partial charge in [0.15, 0.2) is 0 Å². The molecular formula is C12H18N2O4S. The third kappa shape index (κ3) is 4.98. The Balaban J connectivity index is 2.57. The second-order valence-electron chi connectivity index (χ2n) is 3.80. The summed E-state index contributed by atoms with van der Waals surface area (Å²) < 4.78 is 30.8. The van der Waals surface area contributed by atoms with Crippen molar-refractivity contribution in [2.24, 2.45) is 5.73 Å². The first-order valence-corrected chi connectivity index (χ1v) is 7.42. The predicted molar refractivity (Wildman–Crippen MR) is 70.8 cm³/mol. The standard InChI is InChI=1S/C12H18N2O4S/c1-2-18-12(15)7-8-14-19(16,17)11-5-3-10(9-13)4-6-11/h3-6,14H,2,7-9,13H2,1H3. The molecule has 0 spiro atoms. The van der Waals surface area contributed by atoms with Crippen LogP contribution in [-0.2, 0) is 26.1 Å². The van der Waals surface area contributed by atoms with Gasteiger partial charge in [0.05, 0.1) is 17.9 Å². The lowest BCUT2D eigenvalue weighted by atomic mass is 10.2. The molecule has 7 heteroatoms. The minimum Gasteiger partial charge on any atom is -0.466 e. The minimum atomic E-state index is -3.59. The van der Waals surface area contributed by atoms with E-state index in [2.05, 4.69) is 4.72 Å². The van der Waals surface area contributed by atoms with Crippen LogP contribution in [0.2, 0.25) is 0 Å². The molecule has 0 fully saturated rings. The van der Waals surface area contributed by atoms with Crippen molar-refractivity contribution >= 4 is 16.0 Å². The maximum atomic E-state index is 11.9. The van der Waals surface area contributed by atoms with Crippen LogP contribution in [0, 0.1) is 0 Å². The third-order valence-corrected chi connectivity index (χ3v) is 3.87. The molecule has 0 aliphatic carbocycles. The number of esters is 1. The normalized spacial score (nSPS) is 11.3. The zero-order chi connectivity index (χ0) is 14.3. The largest absolute Gasteiger partial charge is 0.466 e. The Labute approximate surface area is 113 Å². The number of hydrogen-bond donors (Lipinski definition) is 2. The van der Waals surface area contributed by atoms with Crippen molar-refractivity contribution in [1.29, 1.82) is 0 Å². The Morgan fingerprint density at radius 2 is 1.95 bits per heavy atom. The third-order valence-electron chi connectivity index (χ3n) is 2.40. The molecule has 0 amide bonds. The van der Waals surface area contributed by atoms with Gasteiger partial charge in [0, 0.05) is 13.1 Å². The van der Waals surface area contributed by atoms with Crippen LogP contribution in [0.15, 0.2) is 29.2 Å². The van der Waals surface area contributed by atoms with Crippen LogP contribution in [0.3, 0.4) is 0 Å². The highest BCUT2D eigenvalue weighted by atomic mass is 32.2. The molecule has 0 heterocycles. The van der Waals surface area contributed by atoms with Gasteiger partial charge in [-0.05, 0) is 24.6 Å². The molecule has 1 aromatic carbocycles. The second kappa shape index (κ2) is 7.22. The molecule has 3 N–H and O–H groups in total. The average molecular weight is 286 g/mol. The number of benzene rings is 1. The summed E-state index contributed by atoms with van der Waals surface area (Å²) >= 11 is 0. The molecule has 0 saturated carbocycles. The molecule has 0 radical (unpaired) electrons. The molecule has 19 heavy (non-hydrogen) atoms. The van der Waals surface area contributed by atoms with Crippen LogP contribution in [0.4, 0.5) is 0 Å². The van der Waals surface area contributed by atoms with Gasteiger partial charge in [0.2, 0.25) is 10.0 Å². The molecule has 0 aliphatic heterocycles. The lowest BCUT2D eigenvalue weighted by Crippen LogP contribution is -2.26. The molecular weight excluding hydrogens is 268 g/mol. The molecule has 6 nitrogen and oxygen atoms in total. The van der Waals surface area contributed by atoms with Gasteiger partial charge in [-0.1, -0.05) is 12.1 Å². The van der Waals surface area contributed by atoms with Gasteiger partial charge in [-0.2, -0.15) is 0 Å². The molecule has 1 rings (SSSR count). The summed E-state index contributed by atoms with van der Waals surface area (Å²) in [5.41, 5.74) is 6.29. The first-order chi connectivity index (χ1) is 8.99. The summed E-state index contributed by atoms with van der Waals surface area (Å²) in [6.07, 6.45) is 0.00789. The summed E-state index contributed by atoms with van der Waals surface area (Å²) in [6.45, 7) is 2.35. The zero-order valence-corrected chi connectivity index (χ0v) is 11.6. The maximum absolute atomic E-state index is 11.9. The van der Waals surface area contributed by atoms with Gasteiger partial charge in [-0.25, -0.2) is 13.1 Å². The van der Waals surface area contributed by atoms with Crippen LogP contribution >= 0.6 is 0 Å². The van der Waals surface area contributed by atoms with Crippen LogP contribution in [0.1, 0.15) is 18.9 Å². The van der Waals surface area contributed by atoms with Crippen molar-refractivity contribution < 1.29 is 17.9 Å². The molecule has 0 atom stereocenters. The summed E-state index contributed by atoms with van der Waals surface area (Å²) in [6, 6.07) is 6.27. The zero-order valence-electron chi connectivity index (χ0n) is 10.8. The van der Waals surface area contributed by atoms with Crippen LogP contribution in [0.5, 0.6) is 0 Å². The van der Waals surface area contributed by atoms with E-state index in [1.54, 1.807) is 19.1 Å². The van der Waals surface area contributed by atoms with E-state index in [4.69, 9.17) is 10.5 Å². The quantitative estimate of drug-likeness (QED) is 0.706. The van der Waals surface area contributed by atoms with E-state index >= 15 is 0 Å². The van der Waals surface area contributed by atoms with Crippen molar-refractivity contribution in [1.82, 2.24) is 4.72 Å². The van der Waals surface area contributed by atoms with Crippen LogP contribution in [-0.4, -0.2) is 27.5 Å². The van der Waals surface area contributed by atoms with Crippen molar-refractivity contribution in [3.8, 4) is 0 Å². The highest BCUT2D eigenvalue weighted by Crippen LogP contribution is 2.10. The fraction of sp³-hybridized carbons (Fsp3) is 0.417. The Hall–Kier alpha value is -1.44. The molecule has 0 aromatic heterocycles. The van der Waals surface area contributed by atoms with Gasteiger partial charge < -0.3 is 10.5 Å². The van der Waals surface area contributed by atoms with Gasteiger partial charge in [0.1, 0.15) is 0 Å². The lowest BCUT2D eigenvalue weighted by Gasteiger charge is -2.07. The average Bonchev–Trinajstić information content (AvgIpc) is 2.39. The van der Waals surface area contributed by atoms with Gasteiger partial charge >= 0.3 is 5.97 Å². The Morgan fingerprint density at radius 1 is 1.32 bits per heavy atom. The maximum Gasteiger partial charge on any atom is 0.307 e. The van der Waals surface area contributed by atoms with E-state index in [0.29, 0.717) is 6.54 Å². The summed E-state index contributed by atoms with van der Waals surface area (Å²) in [5, 5.41) is 0. The van der Waals surface area contributed by atoms with Crippen LogP contribution in [0.25, 0.3) is 0 Å². The number of rotatable bonds is 7. The van der Waals surface area contributed by atoms with Gasteiger partial charge in [-0.15, -0.1) is 0 Å². The monoisotopic (exact) mass is 286 g/mol. The van der Waals surface area contributed by atoms with Crippen molar-refractivity contribution in [3.63, 3.8) is 0 Å². The van der Waals surface area contributed by atoms with Gasteiger partial charge in [-0.3, -0.25) is 4.79 Å². The first-order valence-electron chi connectivity index (χ1n) is 5.94. The molecule has 0 aliphatic rings. The van der Waals surface area contributed by atoms with E-state index in [1.165, 1.54) is 12.1 Å². The number of ether oxygens (including phenoxy) is 1. The minimum absolute atomic E-state index is 0.00789. The number of sulfonamides is 1. The molecule has 0 unspecified atom stereocenters.